The summed E-state index contributed by atoms with van der Waals surface area (Å²) in [6.07, 6.45) is 2.02. The minimum atomic E-state index is -0.215. The number of unbranched alkanes of at least 4 members (excludes halogenated alkanes) is 1. The highest BCUT2D eigenvalue weighted by atomic mass is 16.5. The van der Waals surface area contributed by atoms with Crippen molar-refractivity contribution in [3.63, 3.8) is 0 Å². The van der Waals surface area contributed by atoms with Crippen LogP contribution in [0.1, 0.15) is 30.1 Å². The Labute approximate surface area is 177 Å². The Hall–Kier alpha value is -3.47. The Morgan fingerprint density at radius 3 is 2.27 bits per heavy atom. The number of carbonyl (C=O) groups excluding carboxylic acids is 1. The normalized spacial score (nSPS) is 10.3. The van der Waals surface area contributed by atoms with Gasteiger partial charge in [0.05, 0.1) is 12.3 Å². The molecule has 0 unspecified atom stereocenters. The second-order valence-electron chi connectivity index (χ2n) is 6.69. The van der Waals surface area contributed by atoms with E-state index in [2.05, 4.69) is 12.2 Å². The van der Waals surface area contributed by atoms with E-state index in [-0.39, 0.29) is 5.91 Å². The lowest BCUT2D eigenvalue weighted by molar-refractivity contribution is 0.102. The maximum absolute atomic E-state index is 12.7. The first-order valence-electron chi connectivity index (χ1n) is 10.2. The predicted molar refractivity (Wildman–Crippen MR) is 119 cm³/mol. The van der Waals surface area contributed by atoms with Crippen LogP contribution in [0.5, 0.6) is 17.2 Å². The van der Waals surface area contributed by atoms with Crippen molar-refractivity contribution < 1.29 is 19.0 Å². The SMILES string of the molecule is CCCCOc1ccccc1NC(=O)c1cccc(OCCOc2ccccc2)c1. The van der Waals surface area contributed by atoms with Crippen LogP contribution in [0, 0.1) is 0 Å². The molecule has 0 aliphatic carbocycles. The van der Waals surface area contributed by atoms with Gasteiger partial charge in [-0.1, -0.05) is 49.7 Å². The van der Waals surface area contributed by atoms with E-state index in [4.69, 9.17) is 14.2 Å². The third-order valence-corrected chi connectivity index (χ3v) is 4.35. The van der Waals surface area contributed by atoms with Crippen LogP contribution in [0.25, 0.3) is 0 Å². The molecule has 5 nitrogen and oxygen atoms in total. The standard InChI is InChI=1S/C25H27NO4/c1-2-3-16-30-24-15-8-7-14-23(24)26-25(27)20-10-9-13-22(19-20)29-18-17-28-21-11-5-4-6-12-21/h4-15,19H,2-3,16-18H2,1H3,(H,26,27). The van der Waals surface area contributed by atoms with Gasteiger partial charge >= 0.3 is 0 Å². The van der Waals surface area contributed by atoms with E-state index in [0.29, 0.717) is 42.6 Å². The Balaban J connectivity index is 1.54. The lowest BCUT2D eigenvalue weighted by Gasteiger charge is -2.13. The molecule has 0 radical (unpaired) electrons. The predicted octanol–water partition coefficient (Wildman–Crippen LogP) is 5.58. The van der Waals surface area contributed by atoms with Crippen LogP contribution in [-0.4, -0.2) is 25.7 Å². The zero-order valence-corrected chi connectivity index (χ0v) is 17.2. The van der Waals surface area contributed by atoms with Crippen molar-refractivity contribution in [1.29, 1.82) is 0 Å². The molecule has 0 heterocycles. The molecule has 0 bridgehead atoms. The van der Waals surface area contributed by atoms with Crippen LogP contribution in [0.15, 0.2) is 78.9 Å². The summed E-state index contributed by atoms with van der Waals surface area (Å²) in [5, 5.41) is 2.93. The molecule has 30 heavy (non-hydrogen) atoms. The molecule has 0 fully saturated rings. The molecular weight excluding hydrogens is 378 g/mol. The summed E-state index contributed by atoms with van der Waals surface area (Å²) in [7, 11) is 0. The third-order valence-electron chi connectivity index (χ3n) is 4.35. The van der Waals surface area contributed by atoms with Crippen molar-refractivity contribution >= 4 is 11.6 Å². The molecule has 156 valence electrons. The number of anilines is 1. The zero-order valence-electron chi connectivity index (χ0n) is 17.2. The summed E-state index contributed by atoms with van der Waals surface area (Å²) in [6.45, 7) is 3.54. The first-order chi connectivity index (χ1) is 14.8. The van der Waals surface area contributed by atoms with Gasteiger partial charge in [0.25, 0.3) is 5.91 Å². The van der Waals surface area contributed by atoms with E-state index < -0.39 is 0 Å². The van der Waals surface area contributed by atoms with Crippen LogP contribution in [-0.2, 0) is 0 Å². The maximum atomic E-state index is 12.7. The van der Waals surface area contributed by atoms with Gasteiger partial charge in [0.15, 0.2) is 0 Å². The Morgan fingerprint density at radius 1 is 0.767 bits per heavy atom. The fraction of sp³-hybridized carbons (Fsp3) is 0.240. The van der Waals surface area contributed by atoms with Gasteiger partial charge in [-0.25, -0.2) is 0 Å². The van der Waals surface area contributed by atoms with Crippen molar-refractivity contribution in [3.05, 3.63) is 84.4 Å². The second-order valence-corrected chi connectivity index (χ2v) is 6.69. The number of amides is 1. The van der Waals surface area contributed by atoms with Crippen molar-refractivity contribution in [2.24, 2.45) is 0 Å². The molecule has 0 saturated carbocycles. The van der Waals surface area contributed by atoms with Gasteiger partial charge in [-0.3, -0.25) is 4.79 Å². The summed E-state index contributed by atoms with van der Waals surface area (Å²) in [5.74, 6) is 1.87. The summed E-state index contributed by atoms with van der Waals surface area (Å²) < 4.78 is 17.1. The van der Waals surface area contributed by atoms with E-state index in [1.807, 2.05) is 60.7 Å². The molecule has 0 atom stereocenters. The maximum Gasteiger partial charge on any atom is 0.255 e. The minimum Gasteiger partial charge on any atom is -0.491 e. The van der Waals surface area contributed by atoms with Crippen molar-refractivity contribution in [3.8, 4) is 17.2 Å². The van der Waals surface area contributed by atoms with Crippen molar-refractivity contribution in [2.75, 3.05) is 25.1 Å². The minimum absolute atomic E-state index is 0.215. The second kappa shape index (κ2) is 11.5. The van der Waals surface area contributed by atoms with Crippen LogP contribution < -0.4 is 19.5 Å². The van der Waals surface area contributed by atoms with Crippen LogP contribution in [0.4, 0.5) is 5.69 Å². The van der Waals surface area contributed by atoms with Gasteiger partial charge in [0.2, 0.25) is 0 Å². The smallest absolute Gasteiger partial charge is 0.255 e. The molecule has 5 heteroatoms. The van der Waals surface area contributed by atoms with E-state index >= 15 is 0 Å². The van der Waals surface area contributed by atoms with Gasteiger partial charge in [-0.2, -0.15) is 0 Å². The lowest BCUT2D eigenvalue weighted by Crippen LogP contribution is -2.14. The Bertz CT molecular complexity index is 927. The van der Waals surface area contributed by atoms with Crippen LogP contribution in [0.3, 0.4) is 0 Å². The highest BCUT2D eigenvalue weighted by Gasteiger charge is 2.11. The number of ether oxygens (including phenoxy) is 3. The lowest BCUT2D eigenvalue weighted by atomic mass is 10.2. The Kier molecular flexibility index (Phi) is 8.15. The summed E-state index contributed by atoms with van der Waals surface area (Å²) >= 11 is 0. The molecule has 1 amide bonds. The van der Waals surface area contributed by atoms with Gasteiger partial charge < -0.3 is 19.5 Å². The molecule has 0 aliphatic heterocycles. The summed E-state index contributed by atoms with van der Waals surface area (Å²) in [4.78, 5) is 12.7. The molecule has 3 aromatic rings. The van der Waals surface area contributed by atoms with E-state index in [0.717, 1.165) is 18.6 Å². The average Bonchev–Trinajstić information content (AvgIpc) is 2.79. The highest BCUT2D eigenvalue weighted by Crippen LogP contribution is 2.25. The number of hydrogen-bond donors (Lipinski definition) is 1. The average molecular weight is 405 g/mol. The number of rotatable bonds is 11. The number of para-hydroxylation sites is 3. The number of benzene rings is 3. The fourth-order valence-corrected chi connectivity index (χ4v) is 2.78. The summed E-state index contributed by atoms with van der Waals surface area (Å²) in [6, 6.07) is 24.1. The first-order valence-corrected chi connectivity index (χ1v) is 10.2. The monoisotopic (exact) mass is 405 g/mol. The van der Waals surface area contributed by atoms with Crippen LogP contribution >= 0.6 is 0 Å². The zero-order chi connectivity index (χ0) is 21.0. The number of carbonyl (C=O) groups is 1. The Morgan fingerprint density at radius 2 is 1.47 bits per heavy atom. The van der Waals surface area contributed by atoms with E-state index in [9.17, 15) is 4.79 Å². The van der Waals surface area contributed by atoms with E-state index in [1.165, 1.54) is 0 Å². The molecule has 0 spiro atoms. The molecule has 0 aliphatic rings. The fourth-order valence-electron chi connectivity index (χ4n) is 2.78. The number of nitrogens with one attached hydrogen (secondary N) is 1. The quantitative estimate of drug-likeness (QED) is 0.423. The molecule has 3 aromatic carbocycles. The van der Waals surface area contributed by atoms with Gasteiger partial charge in [-0.15, -0.1) is 0 Å². The molecule has 0 aromatic heterocycles. The summed E-state index contributed by atoms with van der Waals surface area (Å²) in [5.41, 5.74) is 1.17. The topological polar surface area (TPSA) is 56.8 Å². The third kappa shape index (κ3) is 6.55. The largest absolute Gasteiger partial charge is 0.491 e. The highest BCUT2D eigenvalue weighted by molar-refractivity contribution is 6.05. The molecular formula is C25H27NO4. The van der Waals surface area contributed by atoms with Gasteiger partial charge in [-0.05, 0) is 48.9 Å². The van der Waals surface area contributed by atoms with Gasteiger partial charge in [0, 0.05) is 5.56 Å². The first kappa shape index (κ1) is 21.2. The molecule has 0 saturated heterocycles. The molecule has 3 rings (SSSR count). The molecule has 1 N–H and O–H groups in total. The van der Waals surface area contributed by atoms with Crippen LogP contribution in [0.2, 0.25) is 0 Å². The van der Waals surface area contributed by atoms with E-state index in [1.54, 1.807) is 18.2 Å². The van der Waals surface area contributed by atoms with Crippen molar-refractivity contribution in [1.82, 2.24) is 0 Å². The van der Waals surface area contributed by atoms with Crippen molar-refractivity contribution in [2.45, 2.75) is 19.8 Å². The van der Waals surface area contributed by atoms with Gasteiger partial charge in [0.1, 0.15) is 30.5 Å². The number of hydrogen-bond acceptors (Lipinski definition) is 4.